The number of pyridine rings is 2. The van der Waals surface area contributed by atoms with Gasteiger partial charge in [-0.1, -0.05) is 18.2 Å². The molecule has 4 rings (SSSR count). The van der Waals surface area contributed by atoms with E-state index in [1.165, 1.54) is 22.3 Å². The minimum absolute atomic E-state index is 0.368. The van der Waals surface area contributed by atoms with Crippen LogP contribution in [0, 0.1) is 13.8 Å². The van der Waals surface area contributed by atoms with Crippen LogP contribution in [0.2, 0.25) is 0 Å². The molecule has 0 spiro atoms. The van der Waals surface area contributed by atoms with Crippen LogP contribution in [0.15, 0.2) is 61.1 Å². The fourth-order valence-electron chi connectivity index (χ4n) is 4.07. The topological polar surface area (TPSA) is 50.3 Å². The second-order valence-electron chi connectivity index (χ2n) is 7.64. The third-order valence-electron chi connectivity index (χ3n) is 5.44. The lowest BCUT2D eigenvalue weighted by Gasteiger charge is -2.36. The summed E-state index contributed by atoms with van der Waals surface area (Å²) in [5.74, 6) is 0.963. The van der Waals surface area contributed by atoms with E-state index in [0.717, 1.165) is 37.6 Å². The molecule has 1 fully saturated rings. The van der Waals surface area contributed by atoms with E-state index in [1.807, 2.05) is 30.6 Å². The molecule has 3 heterocycles. The largest absolute Gasteiger partial charge is 0.487 e. The van der Waals surface area contributed by atoms with E-state index in [9.17, 15) is 0 Å². The number of rotatable bonds is 6. The van der Waals surface area contributed by atoms with Gasteiger partial charge in [0.1, 0.15) is 12.4 Å². The first-order valence-electron chi connectivity index (χ1n) is 10.2. The van der Waals surface area contributed by atoms with Crippen LogP contribution < -0.4 is 10.1 Å². The number of hydrogen-bond donors (Lipinski definition) is 1. The molecule has 5 heteroatoms. The van der Waals surface area contributed by atoms with E-state index in [0.29, 0.717) is 12.6 Å². The van der Waals surface area contributed by atoms with E-state index in [1.54, 1.807) is 6.20 Å². The molecule has 0 amide bonds. The highest BCUT2D eigenvalue weighted by molar-refractivity contribution is 5.43. The first-order chi connectivity index (χ1) is 14.2. The Morgan fingerprint density at radius 3 is 2.59 bits per heavy atom. The van der Waals surface area contributed by atoms with Crippen LogP contribution in [0.3, 0.4) is 0 Å². The number of aryl methyl sites for hydroxylation is 2. The van der Waals surface area contributed by atoms with Gasteiger partial charge in [-0.2, -0.15) is 0 Å². The van der Waals surface area contributed by atoms with E-state index in [2.05, 4.69) is 58.3 Å². The smallest absolute Gasteiger partial charge is 0.130 e. The molecule has 1 atom stereocenters. The lowest BCUT2D eigenvalue weighted by molar-refractivity contribution is 0.153. The third-order valence-corrected chi connectivity index (χ3v) is 5.44. The predicted molar refractivity (Wildman–Crippen MR) is 115 cm³/mol. The van der Waals surface area contributed by atoms with Gasteiger partial charge in [-0.05, 0) is 60.4 Å². The third kappa shape index (κ3) is 4.81. The summed E-state index contributed by atoms with van der Waals surface area (Å²) in [6.45, 7) is 8.69. The van der Waals surface area contributed by atoms with Gasteiger partial charge in [0.15, 0.2) is 0 Å². The van der Waals surface area contributed by atoms with Gasteiger partial charge < -0.3 is 10.1 Å². The Labute approximate surface area is 172 Å². The van der Waals surface area contributed by atoms with E-state index < -0.39 is 0 Å². The summed E-state index contributed by atoms with van der Waals surface area (Å²) in [5, 5.41) is 3.53. The number of nitrogens with zero attached hydrogens (tertiary/aromatic N) is 3. The number of ether oxygens (including phenoxy) is 1. The molecule has 150 valence electrons. The maximum atomic E-state index is 6.10. The minimum atomic E-state index is 0.368. The zero-order valence-corrected chi connectivity index (χ0v) is 17.1. The van der Waals surface area contributed by atoms with Crippen molar-refractivity contribution in [1.29, 1.82) is 0 Å². The van der Waals surface area contributed by atoms with E-state index >= 15 is 0 Å². The van der Waals surface area contributed by atoms with E-state index in [-0.39, 0.29) is 0 Å². The van der Waals surface area contributed by atoms with Crippen molar-refractivity contribution in [2.24, 2.45) is 0 Å². The molecule has 3 aromatic rings. The maximum Gasteiger partial charge on any atom is 0.130 e. The Hall–Kier alpha value is -2.76. The van der Waals surface area contributed by atoms with Crippen molar-refractivity contribution in [3.05, 3.63) is 89.0 Å². The Bertz CT molecular complexity index is 907. The van der Waals surface area contributed by atoms with Crippen LogP contribution in [-0.4, -0.2) is 34.5 Å². The molecule has 5 nitrogen and oxygen atoms in total. The average Bonchev–Trinajstić information content (AvgIpc) is 2.75. The van der Waals surface area contributed by atoms with Crippen LogP contribution >= 0.6 is 0 Å². The van der Waals surface area contributed by atoms with Gasteiger partial charge in [0, 0.05) is 50.8 Å². The Balaban J connectivity index is 1.48. The monoisotopic (exact) mass is 388 g/mol. The average molecular weight is 389 g/mol. The Kier molecular flexibility index (Phi) is 6.17. The van der Waals surface area contributed by atoms with Crippen LogP contribution in [-0.2, 0) is 13.2 Å². The fraction of sp³-hybridized carbons (Fsp3) is 0.333. The van der Waals surface area contributed by atoms with Crippen molar-refractivity contribution in [3.8, 4) is 5.75 Å². The lowest BCUT2D eigenvalue weighted by atomic mass is 10.0. The molecule has 1 aromatic carbocycles. The molecule has 1 aliphatic heterocycles. The van der Waals surface area contributed by atoms with Crippen molar-refractivity contribution in [2.45, 2.75) is 33.0 Å². The summed E-state index contributed by atoms with van der Waals surface area (Å²) in [7, 11) is 0. The molecule has 1 N–H and O–H groups in total. The normalized spacial score (nSPS) is 17.2. The summed E-state index contributed by atoms with van der Waals surface area (Å²) in [6, 6.07) is 15.0. The molecule has 0 saturated carbocycles. The molecule has 29 heavy (non-hydrogen) atoms. The summed E-state index contributed by atoms with van der Waals surface area (Å²) in [4.78, 5) is 11.1. The SMILES string of the molecule is Cc1cc(CN2CCNCC2c2ccncc2)cc(C)c1OCc1ccccn1. The highest BCUT2D eigenvalue weighted by Crippen LogP contribution is 2.29. The zero-order valence-electron chi connectivity index (χ0n) is 17.1. The number of hydrogen-bond acceptors (Lipinski definition) is 5. The van der Waals surface area contributed by atoms with Gasteiger partial charge in [-0.25, -0.2) is 0 Å². The summed E-state index contributed by atoms with van der Waals surface area (Å²) in [6.07, 6.45) is 5.56. The van der Waals surface area contributed by atoms with E-state index in [4.69, 9.17) is 4.74 Å². The molecule has 0 aliphatic carbocycles. The molecule has 2 aromatic heterocycles. The van der Waals surface area contributed by atoms with Gasteiger partial charge >= 0.3 is 0 Å². The quantitative estimate of drug-likeness (QED) is 0.696. The molecule has 1 aliphatic rings. The van der Waals surface area contributed by atoms with Gasteiger partial charge in [0.2, 0.25) is 0 Å². The second kappa shape index (κ2) is 9.16. The van der Waals surface area contributed by atoms with Crippen molar-refractivity contribution < 1.29 is 4.74 Å². The minimum Gasteiger partial charge on any atom is -0.487 e. The molecular weight excluding hydrogens is 360 g/mol. The first kappa shape index (κ1) is 19.6. The van der Waals surface area contributed by atoms with Crippen molar-refractivity contribution >= 4 is 0 Å². The predicted octanol–water partition coefficient (Wildman–Crippen LogP) is 3.82. The number of nitrogens with one attached hydrogen (secondary N) is 1. The van der Waals surface area contributed by atoms with Crippen molar-refractivity contribution in [1.82, 2.24) is 20.2 Å². The summed E-state index contributed by atoms with van der Waals surface area (Å²) < 4.78 is 6.10. The Morgan fingerprint density at radius 1 is 1.07 bits per heavy atom. The van der Waals surface area contributed by atoms with Gasteiger partial charge in [-0.3, -0.25) is 14.9 Å². The Morgan fingerprint density at radius 2 is 1.86 bits per heavy atom. The van der Waals surface area contributed by atoms with Crippen LogP contribution in [0.25, 0.3) is 0 Å². The molecular formula is C24H28N4O. The molecule has 0 bridgehead atoms. The van der Waals surface area contributed by atoms with Crippen LogP contribution in [0.4, 0.5) is 0 Å². The number of benzene rings is 1. The summed E-state index contributed by atoms with van der Waals surface area (Å²) in [5.41, 5.74) is 5.93. The van der Waals surface area contributed by atoms with Crippen molar-refractivity contribution in [2.75, 3.05) is 19.6 Å². The maximum absolute atomic E-state index is 6.10. The summed E-state index contributed by atoms with van der Waals surface area (Å²) >= 11 is 0. The van der Waals surface area contributed by atoms with Gasteiger partial charge in [-0.15, -0.1) is 0 Å². The molecule has 1 unspecified atom stereocenters. The van der Waals surface area contributed by atoms with Gasteiger partial charge in [0.25, 0.3) is 0 Å². The van der Waals surface area contributed by atoms with Crippen LogP contribution in [0.1, 0.15) is 34.0 Å². The molecule has 1 saturated heterocycles. The second-order valence-corrected chi connectivity index (χ2v) is 7.64. The number of piperazine rings is 1. The van der Waals surface area contributed by atoms with Crippen molar-refractivity contribution in [3.63, 3.8) is 0 Å². The fourth-order valence-corrected chi connectivity index (χ4v) is 4.07. The highest BCUT2D eigenvalue weighted by Gasteiger charge is 2.24. The number of aromatic nitrogens is 2. The van der Waals surface area contributed by atoms with Crippen LogP contribution in [0.5, 0.6) is 5.75 Å². The standard InChI is InChI=1S/C24H28N4O/c1-18-13-20(14-19(2)24(18)29-17-22-5-3-4-8-27-22)16-28-12-11-26-15-23(28)21-6-9-25-10-7-21/h3-10,13-14,23,26H,11-12,15-17H2,1-2H3. The molecule has 0 radical (unpaired) electrons. The lowest BCUT2D eigenvalue weighted by Crippen LogP contribution is -2.45. The van der Waals surface area contributed by atoms with Gasteiger partial charge in [0.05, 0.1) is 5.69 Å². The highest BCUT2D eigenvalue weighted by atomic mass is 16.5. The zero-order chi connectivity index (χ0) is 20.1. The first-order valence-corrected chi connectivity index (χ1v) is 10.2.